The molecule has 0 radical (unpaired) electrons. The van der Waals surface area contributed by atoms with Gasteiger partial charge >= 0.3 is 5.97 Å². The highest BCUT2D eigenvalue weighted by Crippen LogP contribution is 2.38. The molecule has 0 spiro atoms. The standard InChI is InChI=1S/C28H26O6/c1-3-33-27(31)23-15-17(11-13-25(23)29)19-7-5-10-22-20(8-6-9-21(19)22)18-12-14-26(30)24(16-18)28(32)34-4-2/h5-16,27,29-31H,3-4H2,1-2H3. The van der Waals surface area contributed by atoms with Crippen molar-refractivity contribution in [2.24, 2.45) is 0 Å². The monoisotopic (exact) mass is 458 g/mol. The van der Waals surface area contributed by atoms with Crippen LogP contribution in [0, 0.1) is 0 Å². The van der Waals surface area contributed by atoms with Crippen LogP contribution in [0.15, 0.2) is 72.8 Å². The largest absolute Gasteiger partial charge is 0.507 e. The lowest BCUT2D eigenvalue weighted by atomic mass is 9.91. The number of carbonyl (C=O) groups excluding carboxylic acids is 1. The van der Waals surface area contributed by atoms with E-state index < -0.39 is 12.3 Å². The molecule has 3 N–H and O–H groups in total. The zero-order valence-corrected chi connectivity index (χ0v) is 19.0. The summed E-state index contributed by atoms with van der Waals surface area (Å²) in [5.41, 5.74) is 3.78. The fourth-order valence-corrected chi connectivity index (χ4v) is 4.06. The Morgan fingerprint density at radius 2 is 1.38 bits per heavy atom. The number of fused-ring (bicyclic) bond motifs is 1. The van der Waals surface area contributed by atoms with Gasteiger partial charge in [0.05, 0.1) is 6.61 Å². The summed E-state index contributed by atoms with van der Waals surface area (Å²) in [6.45, 7) is 4.01. The number of hydrogen-bond donors (Lipinski definition) is 3. The van der Waals surface area contributed by atoms with Crippen LogP contribution in [0.2, 0.25) is 0 Å². The number of carbonyl (C=O) groups is 1. The lowest BCUT2D eigenvalue weighted by molar-refractivity contribution is -0.0989. The van der Waals surface area contributed by atoms with Gasteiger partial charge in [-0.15, -0.1) is 0 Å². The maximum Gasteiger partial charge on any atom is 0.341 e. The minimum Gasteiger partial charge on any atom is -0.507 e. The van der Waals surface area contributed by atoms with E-state index in [1.54, 1.807) is 44.2 Å². The highest BCUT2D eigenvalue weighted by molar-refractivity contribution is 6.05. The summed E-state index contributed by atoms with van der Waals surface area (Å²) in [4.78, 5) is 12.3. The van der Waals surface area contributed by atoms with Gasteiger partial charge in [0.1, 0.15) is 17.1 Å². The molecule has 0 saturated heterocycles. The number of aliphatic hydroxyl groups is 1. The van der Waals surface area contributed by atoms with E-state index in [9.17, 15) is 20.1 Å². The summed E-state index contributed by atoms with van der Waals surface area (Å²) in [6, 6.07) is 21.7. The predicted octanol–water partition coefficient (Wildman–Crippen LogP) is 5.79. The van der Waals surface area contributed by atoms with E-state index in [1.807, 2.05) is 36.4 Å². The van der Waals surface area contributed by atoms with Gasteiger partial charge in [-0.2, -0.15) is 0 Å². The van der Waals surface area contributed by atoms with Crippen molar-refractivity contribution in [3.63, 3.8) is 0 Å². The normalized spacial score (nSPS) is 12.0. The van der Waals surface area contributed by atoms with E-state index in [0.717, 1.165) is 33.0 Å². The van der Waals surface area contributed by atoms with Crippen LogP contribution in [0.1, 0.15) is 36.1 Å². The van der Waals surface area contributed by atoms with Crippen molar-refractivity contribution in [2.45, 2.75) is 20.1 Å². The van der Waals surface area contributed by atoms with Gasteiger partial charge in [-0.3, -0.25) is 0 Å². The van der Waals surface area contributed by atoms with E-state index in [4.69, 9.17) is 9.47 Å². The third kappa shape index (κ3) is 4.46. The molecule has 0 heterocycles. The number of aromatic hydroxyl groups is 2. The molecule has 0 amide bonds. The number of benzene rings is 4. The maximum absolute atomic E-state index is 12.3. The van der Waals surface area contributed by atoms with Gasteiger partial charge in [-0.05, 0) is 71.1 Å². The highest BCUT2D eigenvalue weighted by atomic mass is 16.6. The van der Waals surface area contributed by atoms with Crippen LogP contribution in [0.25, 0.3) is 33.0 Å². The van der Waals surface area contributed by atoms with Crippen LogP contribution < -0.4 is 0 Å². The average molecular weight is 459 g/mol. The summed E-state index contributed by atoms with van der Waals surface area (Å²) in [6.07, 6.45) is -1.23. The quantitative estimate of drug-likeness (QED) is 0.240. The minimum absolute atomic E-state index is 0.0405. The number of ether oxygens (including phenoxy) is 2. The molecule has 4 rings (SSSR count). The van der Waals surface area contributed by atoms with E-state index >= 15 is 0 Å². The number of phenols is 2. The van der Waals surface area contributed by atoms with E-state index in [0.29, 0.717) is 12.2 Å². The van der Waals surface area contributed by atoms with Gasteiger partial charge in [-0.25, -0.2) is 4.79 Å². The fraction of sp³-hybridized carbons (Fsp3) is 0.179. The molecule has 0 fully saturated rings. The Balaban J connectivity index is 1.85. The summed E-state index contributed by atoms with van der Waals surface area (Å²) in [5, 5.41) is 32.5. The summed E-state index contributed by atoms with van der Waals surface area (Å²) < 4.78 is 10.3. The van der Waals surface area contributed by atoms with Gasteiger partial charge in [-0.1, -0.05) is 48.5 Å². The molecule has 6 nitrogen and oxygen atoms in total. The van der Waals surface area contributed by atoms with Gasteiger partial charge in [0.15, 0.2) is 6.29 Å². The molecule has 1 atom stereocenters. The van der Waals surface area contributed by atoms with E-state index in [-0.39, 0.29) is 23.7 Å². The zero-order chi connectivity index (χ0) is 24.2. The number of esters is 1. The molecule has 0 aromatic heterocycles. The Bertz CT molecular complexity index is 1340. The molecule has 1 unspecified atom stereocenters. The molecule has 0 saturated carbocycles. The van der Waals surface area contributed by atoms with Crippen molar-refractivity contribution in [1.82, 2.24) is 0 Å². The number of aliphatic hydroxyl groups excluding tert-OH is 1. The molecule has 6 heteroatoms. The lowest BCUT2D eigenvalue weighted by Crippen LogP contribution is -2.05. The smallest absolute Gasteiger partial charge is 0.341 e. The molecule has 0 aliphatic heterocycles. The van der Waals surface area contributed by atoms with Crippen LogP contribution in [-0.2, 0) is 9.47 Å². The Morgan fingerprint density at radius 3 is 1.97 bits per heavy atom. The van der Waals surface area contributed by atoms with Crippen molar-refractivity contribution in [1.29, 1.82) is 0 Å². The van der Waals surface area contributed by atoms with Crippen LogP contribution in [0.4, 0.5) is 0 Å². The number of rotatable bonds is 7. The van der Waals surface area contributed by atoms with Gasteiger partial charge in [0.2, 0.25) is 0 Å². The zero-order valence-electron chi connectivity index (χ0n) is 19.0. The van der Waals surface area contributed by atoms with Crippen molar-refractivity contribution >= 4 is 16.7 Å². The second-order valence-electron chi connectivity index (χ2n) is 7.74. The van der Waals surface area contributed by atoms with Crippen LogP contribution in [0.3, 0.4) is 0 Å². The molecule has 0 bridgehead atoms. The van der Waals surface area contributed by atoms with Crippen molar-refractivity contribution in [2.75, 3.05) is 13.2 Å². The van der Waals surface area contributed by atoms with Gasteiger partial charge < -0.3 is 24.8 Å². The van der Waals surface area contributed by atoms with Gasteiger partial charge in [0, 0.05) is 12.2 Å². The molecule has 0 aliphatic carbocycles. The Kier molecular flexibility index (Phi) is 6.82. The molecule has 4 aromatic carbocycles. The summed E-state index contributed by atoms with van der Waals surface area (Å²) in [5.74, 6) is -0.749. The third-order valence-electron chi connectivity index (χ3n) is 5.65. The SMILES string of the molecule is CCOC(=O)c1cc(-c2cccc3c(-c4ccc(O)c(C(O)OCC)c4)cccc23)ccc1O. The molecule has 34 heavy (non-hydrogen) atoms. The van der Waals surface area contributed by atoms with Crippen molar-refractivity contribution < 1.29 is 29.6 Å². The van der Waals surface area contributed by atoms with Crippen LogP contribution >= 0.6 is 0 Å². The van der Waals surface area contributed by atoms with Gasteiger partial charge in [0.25, 0.3) is 0 Å². The second-order valence-corrected chi connectivity index (χ2v) is 7.74. The highest BCUT2D eigenvalue weighted by Gasteiger charge is 2.17. The first kappa shape index (κ1) is 23.3. The lowest BCUT2D eigenvalue weighted by Gasteiger charge is -2.16. The number of hydrogen-bond acceptors (Lipinski definition) is 6. The first-order valence-electron chi connectivity index (χ1n) is 11.1. The number of phenolic OH excluding ortho intramolecular Hbond substituents is 2. The first-order chi connectivity index (χ1) is 16.4. The van der Waals surface area contributed by atoms with Crippen LogP contribution in [0.5, 0.6) is 11.5 Å². The molecule has 0 aliphatic rings. The molecule has 174 valence electrons. The maximum atomic E-state index is 12.3. The Morgan fingerprint density at radius 1 is 0.794 bits per heavy atom. The first-order valence-corrected chi connectivity index (χ1v) is 11.1. The summed E-state index contributed by atoms with van der Waals surface area (Å²) >= 11 is 0. The molecular formula is C28H26O6. The topological polar surface area (TPSA) is 96.2 Å². The molecular weight excluding hydrogens is 432 g/mol. The van der Waals surface area contributed by atoms with E-state index in [2.05, 4.69) is 0 Å². The third-order valence-corrected chi connectivity index (χ3v) is 5.65. The molecule has 4 aromatic rings. The Labute approximate surface area is 197 Å². The van der Waals surface area contributed by atoms with Crippen molar-refractivity contribution in [3.8, 4) is 33.8 Å². The second kappa shape index (κ2) is 9.95. The fourth-order valence-electron chi connectivity index (χ4n) is 4.06. The van der Waals surface area contributed by atoms with Crippen molar-refractivity contribution in [3.05, 3.63) is 83.9 Å². The minimum atomic E-state index is -1.23. The van der Waals surface area contributed by atoms with E-state index in [1.165, 1.54) is 6.07 Å². The predicted molar refractivity (Wildman–Crippen MR) is 131 cm³/mol. The average Bonchev–Trinajstić information content (AvgIpc) is 2.84. The summed E-state index contributed by atoms with van der Waals surface area (Å²) in [7, 11) is 0. The Hall–Kier alpha value is -3.87. The van der Waals surface area contributed by atoms with Crippen LogP contribution in [-0.4, -0.2) is 34.5 Å².